The molecule has 1 aromatic heterocycles. The zero-order chi connectivity index (χ0) is 10.7. The molecule has 0 aliphatic heterocycles. The van der Waals surface area contributed by atoms with Crippen molar-refractivity contribution in [2.45, 2.75) is 26.3 Å². The van der Waals surface area contributed by atoms with Gasteiger partial charge < -0.3 is 0 Å². The molecule has 3 nitrogen and oxygen atoms in total. The first-order chi connectivity index (χ1) is 6.61. The lowest BCUT2D eigenvalue weighted by molar-refractivity contribution is 0.144. The van der Waals surface area contributed by atoms with Crippen molar-refractivity contribution < 1.29 is 8.78 Å². The van der Waals surface area contributed by atoms with Crippen LogP contribution in [0.2, 0.25) is 5.15 Å². The van der Waals surface area contributed by atoms with E-state index in [-0.39, 0.29) is 10.7 Å². The van der Waals surface area contributed by atoms with Crippen LogP contribution in [-0.4, -0.2) is 9.78 Å². The van der Waals surface area contributed by atoms with Crippen LogP contribution in [0, 0.1) is 11.3 Å². The summed E-state index contributed by atoms with van der Waals surface area (Å²) >= 11 is 5.70. The van der Waals surface area contributed by atoms with E-state index in [1.807, 2.05) is 6.92 Å². The standard InChI is InChI=1S/C8H8ClF2N3/c1-2-3-14-7(9)5(4-12)6(13-14)8(10)11/h8H,2-3H2,1H3. The lowest BCUT2D eigenvalue weighted by Crippen LogP contribution is -1.99. The van der Waals surface area contributed by atoms with Gasteiger partial charge >= 0.3 is 0 Å². The third kappa shape index (κ3) is 1.85. The van der Waals surface area contributed by atoms with Crippen molar-refractivity contribution in [3.63, 3.8) is 0 Å². The maximum Gasteiger partial charge on any atom is 0.283 e. The number of aryl methyl sites for hydroxylation is 1. The van der Waals surface area contributed by atoms with E-state index in [0.717, 1.165) is 6.42 Å². The van der Waals surface area contributed by atoms with E-state index in [4.69, 9.17) is 16.9 Å². The molecular weight excluding hydrogens is 212 g/mol. The normalized spacial score (nSPS) is 10.6. The van der Waals surface area contributed by atoms with Gasteiger partial charge in [0.1, 0.15) is 22.5 Å². The number of alkyl halides is 2. The second kappa shape index (κ2) is 4.38. The molecule has 0 aliphatic rings. The Morgan fingerprint density at radius 2 is 2.29 bits per heavy atom. The highest BCUT2D eigenvalue weighted by molar-refractivity contribution is 6.30. The van der Waals surface area contributed by atoms with Gasteiger partial charge in [0.25, 0.3) is 6.43 Å². The molecule has 0 bridgehead atoms. The summed E-state index contributed by atoms with van der Waals surface area (Å²) in [6.07, 6.45) is -2.05. The summed E-state index contributed by atoms with van der Waals surface area (Å²) < 4.78 is 25.9. The number of hydrogen-bond acceptors (Lipinski definition) is 2. The Morgan fingerprint density at radius 3 is 2.64 bits per heavy atom. The Hall–Kier alpha value is -1.15. The van der Waals surface area contributed by atoms with Crippen LogP contribution < -0.4 is 0 Å². The summed E-state index contributed by atoms with van der Waals surface area (Å²) in [7, 11) is 0. The fraction of sp³-hybridized carbons (Fsp3) is 0.500. The van der Waals surface area contributed by atoms with Crippen LogP contribution in [0.15, 0.2) is 0 Å². The second-order valence-electron chi connectivity index (χ2n) is 2.69. The number of nitrogens with zero attached hydrogens (tertiary/aromatic N) is 3. The highest BCUT2D eigenvalue weighted by Crippen LogP contribution is 2.27. The average molecular weight is 220 g/mol. The van der Waals surface area contributed by atoms with Crippen LogP contribution in [0.4, 0.5) is 8.78 Å². The molecule has 14 heavy (non-hydrogen) atoms. The van der Waals surface area contributed by atoms with E-state index in [1.54, 1.807) is 6.07 Å². The lowest BCUT2D eigenvalue weighted by Gasteiger charge is -1.97. The van der Waals surface area contributed by atoms with Crippen molar-refractivity contribution in [2.24, 2.45) is 0 Å². The van der Waals surface area contributed by atoms with E-state index < -0.39 is 12.1 Å². The van der Waals surface area contributed by atoms with Crippen LogP contribution in [-0.2, 0) is 6.54 Å². The molecular formula is C8H8ClF2N3. The third-order valence-corrected chi connectivity index (χ3v) is 2.06. The van der Waals surface area contributed by atoms with Gasteiger partial charge in [0, 0.05) is 6.54 Å². The number of aromatic nitrogens is 2. The molecule has 0 saturated carbocycles. The smallest absolute Gasteiger partial charge is 0.252 e. The molecule has 0 N–H and O–H groups in total. The molecule has 0 aliphatic carbocycles. The minimum absolute atomic E-state index is 0.00958. The van der Waals surface area contributed by atoms with Gasteiger partial charge in [-0.15, -0.1) is 0 Å². The number of halogens is 3. The summed E-state index contributed by atoms with van der Waals surface area (Å²) in [6.45, 7) is 2.30. The van der Waals surface area contributed by atoms with Gasteiger partial charge in [-0.25, -0.2) is 8.78 Å². The van der Waals surface area contributed by atoms with E-state index in [9.17, 15) is 8.78 Å². The zero-order valence-corrected chi connectivity index (χ0v) is 8.22. The molecule has 0 unspecified atom stereocenters. The van der Waals surface area contributed by atoms with Crippen LogP contribution >= 0.6 is 11.6 Å². The highest BCUT2D eigenvalue weighted by Gasteiger charge is 2.22. The second-order valence-corrected chi connectivity index (χ2v) is 3.04. The minimum atomic E-state index is -2.76. The lowest BCUT2D eigenvalue weighted by atomic mass is 10.3. The van der Waals surface area contributed by atoms with Gasteiger partial charge in [-0.1, -0.05) is 18.5 Å². The van der Waals surface area contributed by atoms with Crippen LogP contribution in [0.1, 0.15) is 31.0 Å². The Kier molecular flexibility index (Phi) is 3.42. The number of nitriles is 1. The van der Waals surface area contributed by atoms with Crippen LogP contribution in [0.25, 0.3) is 0 Å². The largest absolute Gasteiger partial charge is 0.283 e. The van der Waals surface area contributed by atoms with Crippen molar-refractivity contribution in [1.82, 2.24) is 9.78 Å². The first-order valence-corrected chi connectivity index (χ1v) is 4.44. The van der Waals surface area contributed by atoms with Crippen molar-refractivity contribution in [2.75, 3.05) is 0 Å². The fourth-order valence-electron chi connectivity index (χ4n) is 1.07. The first kappa shape index (κ1) is 10.9. The van der Waals surface area contributed by atoms with Crippen molar-refractivity contribution >= 4 is 11.6 Å². The summed E-state index contributed by atoms with van der Waals surface area (Å²) in [5.74, 6) is 0. The molecule has 0 radical (unpaired) electrons. The van der Waals surface area contributed by atoms with Crippen molar-refractivity contribution in [3.8, 4) is 6.07 Å². The van der Waals surface area contributed by atoms with Gasteiger partial charge in [0.05, 0.1) is 0 Å². The van der Waals surface area contributed by atoms with E-state index in [1.165, 1.54) is 4.68 Å². The molecule has 0 amide bonds. The van der Waals surface area contributed by atoms with Crippen LogP contribution in [0.5, 0.6) is 0 Å². The van der Waals surface area contributed by atoms with E-state index >= 15 is 0 Å². The predicted molar refractivity (Wildman–Crippen MR) is 47.2 cm³/mol. The Morgan fingerprint density at radius 1 is 1.64 bits per heavy atom. The summed E-state index contributed by atoms with van der Waals surface area (Å²) in [5.41, 5.74) is -0.763. The molecule has 0 atom stereocenters. The molecule has 6 heteroatoms. The third-order valence-electron chi connectivity index (χ3n) is 1.67. The molecule has 0 fully saturated rings. The average Bonchev–Trinajstić information content (AvgIpc) is 2.44. The summed E-state index contributed by atoms with van der Waals surface area (Å²) in [5, 5.41) is 12.2. The van der Waals surface area contributed by atoms with Gasteiger partial charge in [-0.3, -0.25) is 4.68 Å². The molecule has 0 spiro atoms. The SMILES string of the molecule is CCCn1nc(C(F)F)c(C#N)c1Cl. The van der Waals surface area contributed by atoms with Crippen molar-refractivity contribution in [3.05, 3.63) is 16.4 Å². The minimum Gasteiger partial charge on any atom is -0.252 e. The van der Waals surface area contributed by atoms with Gasteiger partial charge in [0.15, 0.2) is 0 Å². The number of rotatable bonds is 3. The predicted octanol–water partition coefficient (Wildman–Crippen LogP) is 2.76. The first-order valence-electron chi connectivity index (χ1n) is 4.06. The maximum absolute atomic E-state index is 12.4. The maximum atomic E-state index is 12.4. The highest BCUT2D eigenvalue weighted by atomic mass is 35.5. The molecule has 1 heterocycles. The Bertz CT molecular complexity index is 367. The van der Waals surface area contributed by atoms with E-state index in [0.29, 0.717) is 6.54 Å². The zero-order valence-electron chi connectivity index (χ0n) is 7.47. The van der Waals surface area contributed by atoms with Crippen LogP contribution in [0.3, 0.4) is 0 Å². The number of hydrogen-bond donors (Lipinski definition) is 0. The van der Waals surface area contributed by atoms with Gasteiger partial charge in [0.2, 0.25) is 0 Å². The Labute approximate surface area is 84.9 Å². The monoisotopic (exact) mass is 219 g/mol. The topological polar surface area (TPSA) is 41.6 Å². The molecule has 0 saturated heterocycles. The van der Waals surface area contributed by atoms with Gasteiger partial charge in [-0.05, 0) is 6.42 Å². The molecule has 1 aromatic rings. The van der Waals surface area contributed by atoms with E-state index in [2.05, 4.69) is 5.10 Å². The summed E-state index contributed by atoms with van der Waals surface area (Å²) in [6, 6.07) is 1.63. The molecule has 1 rings (SSSR count). The quantitative estimate of drug-likeness (QED) is 0.784. The van der Waals surface area contributed by atoms with Crippen molar-refractivity contribution in [1.29, 1.82) is 5.26 Å². The molecule has 0 aromatic carbocycles. The Balaban J connectivity index is 3.19. The molecule has 76 valence electrons. The summed E-state index contributed by atoms with van der Waals surface area (Å²) in [4.78, 5) is 0. The van der Waals surface area contributed by atoms with Gasteiger partial charge in [-0.2, -0.15) is 10.4 Å². The fourth-order valence-corrected chi connectivity index (χ4v) is 1.34.